The lowest BCUT2D eigenvalue weighted by Crippen LogP contribution is -2.60. The first kappa shape index (κ1) is 17.6. The number of methoxy groups -OCH3 is 1. The monoisotopic (exact) mass is 376 g/mol. The van der Waals surface area contributed by atoms with Gasteiger partial charge in [-0.1, -0.05) is 24.6 Å². The van der Waals surface area contributed by atoms with Crippen LogP contribution in [0.15, 0.2) is 48.5 Å². The maximum atomic E-state index is 6.71. The van der Waals surface area contributed by atoms with Crippen molar-refractivity contribution in [1.82, 2.24) is 10.4 Å². The summed E-state index contributed by atoms with van der Waals surface area (Å²) >= 11 is 0. The summed E-state index contributed by atoms with van der Waals surface area (Å²) in [6.45, 7) is 4.50. The maximum Gasteiger partial charge on any atom is 0.180 e. The minimum absolute atomic E-state index is 0.189. The van der Waals surface area contributed by atoms with Crippen molar-refractivity contribution in [2.24, 2.45) is 5.92 Å². The van der Waals surface area contributed by atoms with Crippen molar-refractivity contribution in [1.29, 1.82) is 0 Å². The lowest BCUT2D eigenvalue weighted by Gasteiger charge is -2.51. The second-order valence-electron chi connectivity index (χ2n) is 8.51. The van der Waals surface area contributed by atoms with E-state index in [-0.39, 0.29) is 11.8 Å². The lowest BCUT2D eigenvalue weighted by atomic mass is 9.82. The van der Waals surface area contributed by atoms with Gasteiger partial charge in [-0.25, -0.2) is 0 Å². The van der Waals surface area contributed by atoms with Crippen LogP contribution in [0.4, 0.5) is 0 Å². The number of fused-ring (bicyclic) bond motifs is 4. The van der Waals surface area contributed by atoms with Gasteiger partial charge in [0.25, 0.3) is 0 Å². The molecule has 0 unspecified atom stereocenters. The first-order valence-electron chi connectivity index (χ1n) is 10.3. The number of hydrogen-bond acceptors (Lipinski definition) is 4. The summed E-state index contributed by atoms with van der Waals surface area (Å²) in [7, 11) is 1.70. The highest BCUT2D eigenvalue weighted by Crippen LogP contribution is 2.50. The van der Waals surface area contributed by atoms with E-state index in [9.17, 15) is 0 Å². The molecule has 1 saturated carbocycles. The van der Waals surface area contributed by atoms with Gasteiger partial charge in [0.05, 0.1) is 18.8 Å². The average molecular weight is 377 g/mol. The van der Waals surface area contributed by atoms with E-state index in [1.807, 2.05) is 12.1 Å². The Balaban J connectivity index is 1.55. The first-order chi connectivity index (χ1) is 13.6. The van der Waals surface area contributed by atoms with Crippen molar-refractivity contribution < 1.29 is 9.47 Å². The number of aryl methyl sites for hydroxylation is 1. The van der Waals surface area contributed by atoms with Crippen LogP contribution in [0.2, 0.25) is 0 Å². The number of nitrogens with zero attached hydrogens (tertiary/aromatic N) is 1. The topological polar surface area (TPSA) is 33.7 Å². The molecule has 1 fully saturated rings. The fourth-order valence-electron chi connectivity index (χ4n) is 4.79. The number of rotatable bonds is 2. The van der Waals surface area contributed by atoms with Crippen LogP contribution in [0.5, 0.6) is 11.5 Å². The van der Waals surface area contributed by atoms with E-state index >= 15 is 0 Å². The molecule has 146 valence electrons. The van der Waals surface area contributed by atoms with Gasteiger partial charge in [-0.2, -0.15) is 5.01 Å². The number of ether oxygens (including phenoxy) is 2. The molecule has 2 aromatic rings. The summed E-state index contributed by atoms with van der Waals surface area (Å²) < 4.78 is 12.0. The van der Waals surface area contributed by atoms with E-state index in [2.05, 4.69) is 60.7 Å². The second kappa shape index (κ2) is 6.56. The molecule has 2 aliphatic heterocycles. The summed E-state index contributed by atoms with van der Waals surface area (Å²) in [6.07, 6.45) is 6.85. The van der Waals surface area contributed by atoms with Gasteiger partial charge in [0.1, 0.15) is 11.5 Å². The third kappa shape index (κ3) is 2.78. The molecule has 0 saturated heterocycles. The van der Waals surface area contributed by atoms with Gasteiger partial charge in [-0.3, -0.25) is 0 Å². The Kier molecular flexibility index (Phi) is 4.13. The van der Waals surface area contributed by atoms with Crippen molar-refractivity contribution in [3.8, 4) is 11.5 Å². The molecule has 1 spiro atoms. The molecular formula is C24H28N2O2. The smallest absolute Gasteiger partial charge is 0.180 e. The van der Waals surface area contributed by atoms with Crippen LogP contribution >= 0.6 is 0 Å². The Morgan fingerprint density at radius 2 is 1.86 bits per heavy atom. The van der Waals surface area contributed by atoms with Crippen LogP contribution in [0.3, 0.4) is 0 Å². The number of hydrazine groups is 1. The van der Waals surface area contributed by atoms with Crippen LogP contribution in [0.25, 0.3) is 5.70 Å². The zero-order chi connectivity index (χ0) is 19.3. The van der Waals surface area contributed by atoms with Gasteiger partial charge in [-0.05, 0) is 67.7 Å². The molecule has 4 nitrogen and oxygen atoms in total. The van der Waals surface area contributed by atoms with E-state index in [0.717, 1.165) is 36.0 Å². The molecule has 28 heavy (non-hydrogen) atoms. The van der Waals surface area contributed by atoms with Crippen LogP contribution < -0.4 is 14.9 Å². The molecule has 4 heteroatoms. The van der Waals surface area contributed by atoms with Crippen LogP contribution in [0.1, 0.15) is 55.3 Å². The Hall–Kier alpha value is -2.46. The second-order valence-corrected chi connectivity index (χ2v) is 8.51. The number of hydrogen-bond donors (Lipinski definition) is 1. The van der Waals surface area contributed by atoms with Gasteiger partial charge in [0.2, 0.25) is 0 Å². The predicted octanol–water partition coefficient (Wildman–Crippen LogP) is 5.20. The molecule has 1 atom stereocenters. The van der Waals surface area contributed by atoms with Gasteiger partial charge >= 0.3 is 0 Å². The molecule has 0 radical (unpaired) electrons. The molecule has 0 bridgehead atoms. The molecular weight excluding hydrogens is 348 g/mol. The largest absolute Gasteiger partial charge is 0.497 e. The van der Waals surface area contributed by atoms with Crippen LogP contribution in [0, 0.1) is 12.8 Å². The molecule has 1 N–H and O–H groups in total. The van der Waals surface area contributed by atoms with Crippen molar-refractivity contribution in [2.45, 2.75) is 51.3 Å². The average Bonchev–Trinajstić information content (AvgIpc) is 3.18. The molecule has 3 aliphatic rings. The van der Waals surface area contributed by atoms with Crippen molar-refractivity contribution in [3.63, 3.8) is 0 Å². The van der Waals surface area contributed by atoms with Gasteiger partial charge < -0.3 is 14.9 Å². The Bertz CT molecular complexity index is 911. The Morgan fingerprint density at radius 1 is 1.11 bits per heavy atom. The standard InChI is InChI=1S/C24H28N2O2/c1-16-10-12-24(13-11-16)26-22(20-14-17(2)4-9-23(20)28-24)15-21(25-26)18-5-7-19(27-3)8-6-18/h4-9,14-16,22,25H,10-13H2,1-3H3/t16?,22-,24?/m1/s1. The summed E-state index contributed by atoms with van der Waals surface area (Å²) in [6, 6.07) is 15.0. The van der Waals surface area contributed by atoms with E-state index < -0.39 is 0 Å². The molecule has 1 aliphatic carbocycles. The van der Waals surface area contributed by atoms with Crippen LogP contribution in [-0.2, 0) is 0 Å². The maximum absolute atomic E-state index is 6.71. The Labute approximate surface area is 167 Å². The van der Waals surface area contributed by atoms with Crippen molar-refractivity contribution >= 4 is 5.70 Å². The highest BCUT2D eigenvalue weighted by atomic mass is 16.5. The highest BCUT2D eigenvalue weighted by Gasteiger charge is 2.51. The van der Waals surface area contributed by atoms with Gasteiger partial charge in [0.15, 0.2) is 5.72 Å². The summed E-state index contributed by atoms with van der Waals surface area (Å²) in [4.78, 5) is 0. The van der Waals surface area contributed by atoms with E-state index in [1.54, 1.807) is 7.11 Å². The highest BCUT2D eigenvalue weighted by molar-refractivity contribution is 5.68. The molecule has 2 heterocycles. The normalized spacial score (nSPS) is 28.8. The number of benzene rings is 2. The quantitative estimate of drug-likeness (QED) is 0.781. The van der Waals surface area contributed by atoms with E-state index in [0.29, 0.717) is 0 Å². The van der Waals surface area contributed by atoms with Crippen molar-refractivity contribution in [2.75, 3.05) is 7.11 Å². The Morgan fingerprint density at radius 3 is 2.57 bits per heavy atom. The SMILES string of the molecule is COc1ccc(C2=C[C@@H]3c4cc(C)ccc4OC4(CCC(C)CC4)N3N2)cc1. The number of nitrogens with one attached hydrogen (secondary N) is 1. The zero-order valence-corrected chi connectivity index (χ0v) is 16.9. The van der Waals surface area contributed by atoms with E-state index in [1.165, 1.54) is 29.5 Å². The first-order valence-corrected chi connectivity index (χ1v) is 10.3. The molecule has 0 aromatic heterocycles. The van der Waals surface area contributed by atoms with Gasteiger partial charge in [-0.15, -0.1) is 0 Å². The minimum atomic E-state index is -0.274. The zero-order valence-electron chi connectivity index (χ0n) is 16.9. The van der Waals surface area contributed by atoms with E-state index in [4.69, 9.17) is 9.47 Å². The predicted molar refractivity (Wildman–Crippen MR) is 111 cm³/mol. The fraction of sp³-hybridized carbons (Fsp3) is 0.417. The third-order valence-corrected chi connectivity index (χ3v) is 6.52. The summed E-state index contributed by atoms with van der Waals surface area (Å²) in [5, 5.41) is 2.38. The molecule has 0 amide bonds. The lowest BCUT2D eigenvalue weighted by molar-refractivity contribution is -0.155. The molecule has 5 rings (SSSR count). The summed E-state index contributed by atoms with van der Waals surface area (Å²) in [5.74, 6) is 2.68. The van der Waals surface area contributed by atoms with Crippen LogP contribution in [-0.4, -0.2) is 17.8 Å². The minimum Gasteiger partial charge on any atom is -0.497 e. The molecule has 2 aromatic carbocycles. The summed E-state index contributed by atoms with van der Waals surface area (Å²) in [5.41, 5.74) is 8.27. The third-order valence-electron chi connectivity index (χ3n) is 6.52. The van der Waals surface area contributed by atoms with Crippen molar-refractivity contribution in [3.05, 3.63) is 65.2 Å². The fourth-order valence-corrected chi connectivity index (χ4v) is 4.79. The van der Waals surface area contributed by atoms with Gasteiger partial charge in [0, 0.05) is 18.4 Å².